The van der Waals surface area contributed by atoms with Gasteiger partial charge in [-0.2, -0.15) is 0 Å². The number of rotatable bonds is 2. The number of esters is 1. The molecule has 0 saturated heterocycles. The molecule has 0 aromatic heterocycles. The second-order valence-electron chi connectivity index (χ2n) is 2.70. The average Bonchev–Trinajstić information content (AvgIpc) is 2.19. The van der Waals surface area contributed by atoms with Gasteiger partial charge in [0, 0.05) is 10.0 Å². The smallest absolute Gasteiger partial charge is 0.327 e. The number of phenols is 1. The third kappa shape index (κ3) is 2.24. The highest BCUT2D eigenvalue weighted by atomic mass is 79.9. The minimum atomic E-state index is -0.961. The van der Waals surface area contributed by atoms with Crippen molar-refractivity contribution in [1.29, 1.82) is 0 Å². The van der Waals surface area contributed by atoms with Crippen LogP contribution in [-0.4, -0.2) is 18.2 Å². The molecule has 0 spiro atoms. The van der Waals surface area contributed by atoms with Crippen molar-refractivity contribution in [2.75, 3.05) is 7.11 Å². The zero-order valence-electron chi connectivity index (χ0n) is 7.53. The van der Waals surface area contributed by atoms with E-state index in [0.29, 0.717) is 5.56 Å². The molecule has 1 aromatic rings. The molecular formula is C9H10BrNO3. The van der Waals surface area contributed by atoms with Gasteiger partial charge in [-0.05, 0) is 18.2 Å². The lowest BCUT2D eigenvalue weighted by molar-refractivity contribution is -0.142. The van der Waals surface area contributed by atoms with E-state index in [4.69, 9.17) is 5.73 Å². The van der Waals surface area contributed by atoms with Gasteiger partial charge >= 0.3 is 5.97 Å². The molecule has 0 saturated carbocycles. The van der Waals surface area contributed by atoms with E-state index in [1.165, 1.54) is 13.2 Å². The van der Waals surface area contributed by atoms with Crippen molar-refractivity contribution in [3.63, 3.8) is 0 Å². The Hall–Kier alpha value is -1.07. The zero-order valence-corrected chi connectivity index (χ0v) is 9.11. The molecule has 0 bridgehead atoms. The fourth-order valence-corrected chi connectivity index (χ4v) is 1.41. The largest absolute Gasteiger partial charge is 0.508 e. The first kappa shape index (κ1) is 11.0. The van der Waals surface area contributed by atoms with E-state index in [1.54, 1.807) is 12.1 Å². The molecule has 14 heavy (non-hydrogen) atoms. The first-order chi connectivity index (χ1) is 6.56. The molecule has 1 rings (SSSR count). The van der Waals surface area contributed by atoms with Gasteiger partial charge in [-0.3, -0.25) is 4.79 Å². The highest BCUT2D eigenvalue weighted by molar-refractivity contribution is 9.10. The van der Waals surface area contributed by atoms with Crippen molar-refractivity contribution < 1.29 is 14.6 Å². The lowest BCUT2D eigenvalue weighted by Crippen LogP contribution is -2.22. The van der Waals surface area contributed by atoms with Crippen molar-refractivity contribution in [3.05, 3.63) is 28.2 Å². The molecule has 0 amide bonds. The van der Waals surface area contributed by atoms with Crippen LogP contribution in [0, 0.1) is 0 Å². The highest BCUT2D eigenvalue weighted by Crippen LogP contribution is 2.26. The molecule has 0 unspecified atom stereocenters. The number of nitrogens with two attached hydrogens (primary N) is 1. The number of carbonyl (C=O) groups is 1. The van der Waals surface area contributed by atoms with Gasteiger partial charge in [-0.1, -0.05) is 15.9 Å². The topological polar surface area (TPSA) is 72.5 Å². The number of benzene rings is 1. The lowest BCUT2D eigenvalue weighted by Gasteiger charge is -2.11. The molecule has 1 atom stereocenters. The van der Waals surface area contributed by atoms with Crippen LogP contribution < -0.4 is 5.73 Å². The summed E-state index contributed by atoms with van der Waals surface area (Å²) in [7, 11) is 1.25. The average molecular weight is 260 g/mol. The van der Waals surface area contributed by atoms with Gasteiger partial charge < -0.3 is 15.6 Å². The van der Waals surface area contributed by atoms with Crippen LogP contribution >= 0.6 is 15.9 Å². The number of aromatic hydroxyl groups is 1. The van der Waals surface area contributed by atoms with Gasteiger partial charge in [-0.25, -0.2) is 0 Å². The number of methoxy groups -OCH3 is 1. The van der Waals surface area contributed by atoms with Crippen LogP contribution in [0.2, 0.25) is 0 Å². The van der Waals surface area contributed by atoms with E-state index in [0.717, 1.165) is 4.47 Å². The summed E-state index contributed by atoms with van der Waals surface area (Å²) in [6.45, 7) is 0. The Morgan fingerprint density at radius 1 is 1.64 bits per heavy atom. The summed E-state index contributed by atoms with van der Waals surface area (Å²) in [5.74, 6) is -0.607. The summed E-state index contributed by atoms with van der Waals surface area (Å²) >= 11 is 3.22. The standard InChI is InChI=1S/C9H10BrNO3/c1-14-9(13)8(11)6-4-5(10)2-3-7(6)12/h2-4,8,12H,11H2,1H3/t8-/m1/s1. The fraction of sp³-hybridized carbons (Fsp3) is 0.222. The summed E-state index contributed by atoms with van der Waals surface area (Å²) in [4.78, 5) is 11.1. The second-order valence-corrected chi connectivity index (χ2v) is 3.62. The summed E-state index contributed by atoms with van der Waals surface area (Å²) in [6.07, 6.45) is 0. The predicted molar refractivity (Wildman–Crippen MR) is 54.8 cm³/mol. The van der Waals surface area contributed by atoms with Crippen molar-refractivity contribution >= 4 is 21.9 Å². The molecule has 0 aliphatic carbocycles. The highest BCUT2D eigenvalue weighted by Gasteiger charge is 2.19. The Labute approximate surface area is 89.8 Å². The summed E-state index contributed by atoms with van der Waals surface area (Å²) in [6, 6.07) is 3.74. The van der Waals surface area contributed by atoms with E-state index in [9.17, 15) is 9.90 Å². The summed E-state index contributed by atoms with van der Waals surface area (Å²) in [5.41, 5.74) is 5.90. The van der Waals surface area contributed by atoms with Crippen LogP contribution in [0.4, 0.5) is 0 Å². The Kier molecular flexibility index (Phi) is 3.49. The van der Waals surface area contributed by atoms with Gasteiger partial charge in [0.25, 0.3) is 0 Å². The van der Waals surface area contributed by atoms with Crippen LogP contribution in [-0.2, 0) is 9.53 Å². The monoisotopic (exact) mass is 259 g/mol. The SMILES string of the molecule is COC(=O)[C@H](N)c1cc(Br)ccc1O. The third-order valence-corrected chi connectivity index (χ3v) is 2.27. The van der Waals surface area contributed by atoms with E-state index in [1.807, 2.05) is 0 Å². The maximum absolute atomic E-state index is 11.1. The van der Waals surface area contributed by atoms with Crippen LogP contribution in [0.25, 0.3) is 0 Å². The maximum Gasteiger partial charge on any atom is 0.327 e. The fourth-order valence-electron chi connectivity index (χ4n) is 1.03. The van der Waals surface area contributed by atoms with Gasteiger partial charge in [0.1, 0.15) is 11.8 Å². The van der Waals surface area contributed by atoms with Crippen molar-refractivity contribution in [2.24, 2.45) is 5.73 Å². The molecule has 1 aromatic carbocycles. The number of ether oxygens (including phenoxy) is 1. The molecule has 3 N–H and O–H groups in total. The predicted octanol–water partition coefficient (Wildman–Crippen LogP) is 1.33. The van der Waals surface area contributed by atoms with Gasteiger partial charge in [0.2, 0.25) is 0 Å². The molecule has 4 nitrogen and oxygen atoms in total. The molecule has 0 aliphatic rings. The zero-order chi connectivity index (χ0) is 10.7. The number of hydrogen-bond acceptors (Lipinski definition) is 4. The molecular weight excluding hydrogens is 250 g/mol. The molecule has 0 fully saturated rings. The second kappa shape index (κ2) is 4.43. The minimum absolute atomic E-state index is 0.0221. The molecule has 0 heterocycles. The first-order valence-electron chi connectivity index (χ1n) is 3.88. The van der Waals surface area contributed by atoms with Crippen LogP contribution in [0.3, 0.4) is 0 Å². The summed E-state index contributed by atoms with van der Waals surface area (Å²) < 4.78 is 5.21. The van der Waals surface area contributed by atoms with Crippen molar-refractivity contribution in [2.45, 2.75) is 6.04 Å². The lowest BCUT2D eigenvalue weighted by atomic mass is 10.1. The minimum Gasteiger partial charge on any atom is -0.508 e. The number of carbonyl (C=O) groups excluding carboxylic acids is 1. The quantitative estimate of drug-likeness (QED) is 0.787. The van der Waals surface area contributed by atoms with Crippen LogP contribution in [0.15, 0.2) is 22.7 Å². The number of phenolic OH excluding ortho intramolecular Hbond substituents is 1. The van der Waals surface area contributed by atoms with E-state index in [2.05, 4.69) is 20.7 Å². The Morgan fingerprint density at radius 2 is 2.29 bits per heavy atom. The molecule has 0 radical (unpaired) electrons. The Morgan fingerprint density at radius 3 is 2.86 bits per heavy atom. The molecule has 76 valence electrons. The normalized spacial score (nSPS) is 12.2. The summed E-state index contributed by atoms with van der Waals surface area (Å²) in [5, 5.41) is 9.44. The van der Waals surface area contributed by atoms with Crippen LogP contribution in [0.5, 0.6) is 5.75 Å². The maximum atomic E-state index is 11.1. The van der Waals surface area contributed by atoms with E-state index < -0.39 is 12.0 Å². The number of halogens is 1. The van der Waals surface area contributed by atoms with Crippen molar-refractivity contribution in [3.8, 4) is 5.75 Å². The first-order valence-corrected chi connectivity index (χ1v) is 4.67. The van der Waals surface area contributed by atoms with Crippen molar-refractivity contribution in [1.82, 2.24) is 0 Å². The Balaban J connectivity index is 3.05. The van der Waals surface area contributed by atoms with E-state index in [-0.39, 0.29) is 5.75 Å². The van der Waals surface area contributed by atoms with Gasteiger partial charge in [0.15, 0.2) is 0 Å². The van der Waals surface area contributed by atoms with E-state index >= 15 is 0 Å². The van der Waals surface area contributed by atoms with Gasteiger partial charge in [0.05, 0.1) is 7.11 Å². The molecule has 5 heteroatoms. The Bertz CT molecular complexity index is 354. The van der Waals surface area contributed by atoms with Gasteiger partial charge in [-0.15, -0.1) is 0 Å². The number of hydrogen-bond donors (Lipinski definition) is 2. The molecule has 0 aliphatic heterocycles. The third-order valence-electron chi connectivity index (χ3n) is 1.78. The van der Waals surface area contributed by atoms with Crippen LogP contribution in [0.1, 0.15) is 11.6 Å².